The first-order valence-electron chi connectivity index (χ1n) is 5.81. The number of aliphatic hydroxyl groups is 1. The van der Waals surface area contributed by atoms with E-state index in [9.17, 15) is 21.6 Å². The summed E-state index contributed by atoms with van der Waals surface area (Å²) in [5.41, 5.74) is -1.46. The molecule has 0 spiro atoms. The first-order valence-corrected chi connectivity index (χ1v) is 8.58. The molecule has 0 saturated heterocycles. The third-order valence-electron chi connectivity index (χ3n) is 2.71. The number of rotatable bonds is 6. The van der Waals surface area contributed by atoms with Gasteiger partial charge in [-0.25, -0.2) is 13.1 Å². The Morgan fingerprint density at radius 3 is 2.57 bits per heavy atom. The lowest BCUT2D eigenvalue weighted by molar-refractivity contribution is -0.143. The van der Waals surface area contributed by atoms with E-state index in [1.807, 2.05) is 0 Å². The van der Waals surface area contributed by atoms with Crippen molar-refractivity contribution < 1.29 is 26.7 Å². The van der Waals surface area contributed by atoms with E-state index in [1.165, 1.54) is 18.7 Å². The number of nitrogens with one attached hydrogen (secondary N) is 1. The largest absolute Gasteiger partial charge is 0.434 e. The molecule has 0 aromatic carbocycles. The summed E-state index contributed by atoms with van der Waals surface area (Å²) in [6.07, 6.45) is -2.33. The second-order valence-corrected chi connectivity index (χ2v) is 6.97. The minimum absolute atomic E-state index is 0.302. The fraction of sp³-hybridized carbons (Fsp3) is 0.545. The van der Waals surface area contributed by atoms with Crippen molar-refractivity contribution in [2.24, 2.45) is 0 Å². The molecule has 0 amide bonds. The van der Waals surface area contributed by atoms with Crippen molar-refractivity contribution in [2.45, 2.75) is 29.3 Å². The Balaban J connectivity index is 3.15. The number of hydrogen-bond acceptors (Lipinski definition) is 5. The van der Waals surface area contributed by atoms with Crippen LogP contribution >= 0.6 is 11.8 Å². The van der Waals surface area contributed by atoms with Crippen LogP contribution in [0.4, 0.5) is 13.2 Å². The molecule has 2 N–H and O–H groups in total. The maximum atomic E-state index is 12.8. The molecule has 1 rings (SSSR count). The quantitative estimate of drug-likeness (QED) is 0.817. The van der Waals surface area contributed by atoms with Gasteiger partial charge in [0, 0.05) is 17.5 Å². The molecular weight excluding hydrogens is 329 g/mol. The Morgan fingerprint density at radius 2 is 2.10 bits per heavy atom. The SMILES string of the molecule is CSC(CO)C(C)NS(=O)(=O)c1cccnc1C(F)(F)F. The highest BCUT2D eigenvalue weighted by Crippen LogP contribution is 2.32. The molecule has 0 saturated carbocycles. The number of alkyl halides is 3. The summed E-state index contributed by atoms with van der Waals surface area (Å²) in [5.74, 6) is 0. The Hall–Kier alpha value is -0.840. The molecule has 10 heteroatoms. The minimum Gasteiger partial charge on any atom is -0.395 e. The van der Waals surface area contributed by atoms with Crippen LogP contribution in [0, 0.1) is 0 Å². The smallest absolute Gasteiger partial charge is 0.395 e. The van der Waals surface area contributed by atoms with Gasteiger partial charge in [0.1, 0.15) is 4.90 Å². The van der Waals surface area contributed by atoms with Gasteiger partial charge in [0.25, 0.3) is 0 Å². The molecule has 0 radical (unpaired) electrons. The molecule has 1 heterocycles. The average Bonchev–Trinajstić information content (AvgIpc) is 2.38. The van der Waals surface area contributed by atoms with Gasteiger partial charge < -0.3 is 5.11 Å². The van der Waals surface area contributed by atoms with Crippen molar-refractivity contribution in [3.05, 3.63) is 24.0 Å². The molecule has 0 aliphatic carbocycles. The van der Waals surface area contributed by atoms with Crippen LogP contribution in [0.2, 0.25) is 0 Å². The van der Waals surface area contributed by atoms with Gasteiger partial charge in [-0.3, -0.25) is 4.98 Å². The molecule has 0 aliphatic rings. The van der Waals surface area contributed by atoms with E-state index in [0.29, 0.717) is 0 Å². The van der Waals surface area contributed by atoms with Crippen molar-refractivity contribution in [2.75, 3.05) is 12.9 Å². The number of halogens is 3. The number of thioether (sulfide) groups is 1. The van der Waals surface area contributed by atoms with Crippen molar-refractivity contribution in [3.8, 4) is 0 Å². The van der Waals surface area contributed by atoms with E-state index in [-0.39, 0.29) is 6.61 Å². The number of sulfonamides is 1. The highest BCUT2D eigenvalue weighted by Gasteiger charge is 2.39. The second kappa shape index (κ2) is 6.95. The van der Waals surface area contributed by atoms with Crippen LogP contribution in [0.5, 0.6) is 0 Å². The molecule has 21 heavy (non-hydrogen) atoms. The number of nitrogens with zero attached hydrogens (tertiary/aromatic N) is 1. The summed E-state index contributed by atoms with van der Waals surface area (Å²) in [6.45, 7) is 1.17. The van der Waals surface area contributed by atoms with Gasteiger partial charge in [-0.05, 0) is 25.3 Å². The van der Waals surface area contributed by atoms with E-state index >= 15 is 0 Å². The fourth-order valence-electron chi connectivity index (χ4n) is 1.64. The first kappa shape index (κ1) is 18.2. The van der Waals surface area contributed by atoms with Crippen LogP contribution in [0.15, 0.2) is 23.2 Å². The lowest BCUT2D eigenvalue weighted by Gasteiger charge is -2.22. The minimum atomic E-state index is -4.87. The maximum Gasteiger partial charge on any atom is 0.434 e. The molecule has 2 unspecified atom stereocenters. The molecule has 2 atom stereocenters. The van der Waals surface area contributed by atoms with Gasteiger partial charge in [0.15, 0.2) is 5.69 Å². The first-order chi connectivity index (χ1) is 9.63. The molecule has 0 bridgehead atoms. The van der Waals surface area contributed by atoms with Gasteiger partial charge in [0.2, 0.25) is 10.0 Å². The number of aromatic nitrogens is 1. The molecule has 1 aromatic heterocycles. The van der Waals surface area contributed by atoms with Crippen LogP contribution in [0.25, 0.3) is 0 Å². The zero-order valence-electron chi connectivity index (χ0n) is 11.3. The van der Waals surface area contributed by atoms with Crippen LogP contribution in [-0.4, -0.2) is 42.7 Å². The lowest BCUT2D eigenvalue weighted by atomic mass is 10.3. The molecule has 1 aromatic rings. The second-order valence-electron chi connectivity index (χ2n) is 4.21. The van der Waals surface area contributed by atoms with E-state index in [0.717, 1.165) is 18.3 Å². The van der Waals surface area contributed by atoms with E-state index < -0.39 is 38.1 Å². The summed E-state index contributed by atoms with van der Waals surface area (Å²) in [5, 5.41) is 8.63. The summed E-state index contributed by atoms with van der Waals surface area (Å²) in [7, 11) is -4.40. The molecule has 0 aliphatic heterocycles. The van der Waals surface area contributed by atoms with E-state index in [1.54, 1.807) is 6.26 Å². The van der Waals surface area contributed by atoms with Gasteiger partial charge in [0.05, 0.1) is 6.61 Å². The van der Waals surface area contributed by atoms with Gasteiger partial charge in [-0.15, -0.1) is 0 Å². The van der Waals surface area contributed by atoms with Crippen LogP contribution in [-0.2, 0) is 16.2 Å². The van der Waals surface area contributed by atoms with Crippen LogP contribution in [0.3, 0.4) is 0 Å². The average molecular weight is 344 g/mol. The Morgan fingerprint density at radius 1 is 1.48 bits per heavy atom. The Labute approximate surface area is 125 Å². The zero-order chi connectivity index (χ0) is 16.3. The highest BCUT2D eigenvalue weighted by molar-refractivity contribution is 7.99. The number of aliphatic hydroxyl groups excluding tert-OH is 1. The van der Waals surface area contributed by atoms with E-state index in [2.05, 4.69) is 9.71 Å². The van der Waals surface area contributed by atoms with Crippen molar-refractivity contribution >= 4 is 21.8 Å². The van der Waals surface area contributed by atoms with Crippen molar-refractivity contribution in [3.63, 3.8) is 0 Å². The number of pyridine rings is 1. The molecular formula is C11H15F3N2O3S2. The van der Waals surface area contributed by atoms with Crippen molar-refractivity contribution in [1.82, 2.24) is 9.71 Å². The van der Waals surface area contributed by atoms with Crippen molar-refractivity contribution in [1.29, 1.82) is 0 Å². The highest BCUT2D eigenvalue weighted by atomic mass is 32.2. The molecule has 5 nitrogen and oxygen atoms in total. The van der Waals surface area contributed by atoms with Gasteiger partial charge in [-0.1, -0.05) is 0 Å². The molecule has 0 fully saturated rings. The number of hydrogen-bond donors (Lipinski definition) is 2. The van der Waals surface area contributed by atoms with Crippen LogP contribution in [0.1, 0.15) is 12.6 Å². The normalized spacial score (nSPS) is 15.7. The zero-order valence-corrected chi connectivity index (χ0v) is 12.9. The predicted molar refractivity (Wildman–Crippen MR) is 73.4 cm³/mol. The van der Waals surface area contributed by atoms with Crippen LogP contribution < -0.4 is 4.72 Å². The summed E-state index contributed by atoms with van der Waals surface area (Å²) in [6, 6.07) is 1.22. The third kappa shape index (κ3) is 4.56. The topological polar surface area (TPSA) is 79.3 Å². The third-order valence-corrected chi connectivity index (χ3v) is 5.46. The lowest BCUT2D eigenvalue weighted by Crippen LogP contribution is -2.41. The summed E-state index contributed by atoms with van der Waals surface area (Å²) >= 11 is 1.21. The fourth-order valence-corrected chi connectivity index (χ4v) is 3.81. The Bertz CT molecular complexity index is 574. The maximum absolute atomic E-state index is 12.8. The van der Waals surface area contributed by atoms with Gasteiger partial charge >= 0.3 is 6.18 Å². The predicted octanol–water partition coefficient (Wildman–Crippen LogP) is 1.49. The van der Waals surface area contributed by atoms with E-state index in [4.69, 9.17) is 5.11 Å². The standard InChI is InChI=1S/C11H15F3N2O3S2/c1-7(8(6-17)20-2)16-21(18,19)9-4-3-5-15-10(9)11(12,13)14/h3-5,7-8,16-17H,6H2,1-2H3. The molecule has 120 valence electrons. The van der Waals surface area contributed by atoms with Gasteiger partial charge in [-0.2, -0.15) is 24.9 Å². The Kier molecular flexibility index (Phi) is 6.02. The summed E-state index contributed by atoms with van der Waals surface area (Å²) < 4.78 is 64.8. The summed E-state index contributed by atoms with van der Waals surface area (Å²) in [4.78, 5) is 2.18. The monoisotopic (exact) mass is 344 g/mol.